The largest absolute Gasteiger partial charge is 0.496 e. The fourth-order valence-corrected chi connectivity index (χ4v) is 2.50. The summed E-state index contributed by atoms with van der Waals surface area (Å²) >= 11 is 0. The highest BCUT2D eigenvalue weighted by Crippen LogP contribution is 2.28. The Morgan fingerprint density at radius 3 is 2.60 bits per heavy atom. The summed E-state index contributed by atoms with van der Waals surface area (Å²) in [5.74, 6) is 0.789. The average molecular weight is 265 g/mol. The number of fused-ring (bicyclic) bond motifs is 1. The fourth-order valence-electron chi connectivity index (χ4n) is 2.50. The van der Waals surface area contributed by atoms with Crippen LogP contribution in [0.5, 0.6) is 5.75 Å². The van der Waals surface area contributed by atoms with E-state index in [0.717, 1.165) is 28.5 Å². The molecule has 1 heterocycles. The van der Waals surface area contributed by atoms with E-state index in [0.29, 0.717) is 12.2 Å². The van der Waals surface area contributed by atoms with Crippen LogP contribution >= 0.6 is 0 Å². The summed E-state index contributed by atoms with van der Waals surface area (Å²) in [6.07, 6.45) is 0.891. The Morgan fingerprint density at radius 2 is 1.90 bits per heavy atom. The number of ether oxygens (including phenoxy) is 1. The second-order valence-corrected chi connectivity index (χ2v) is 4.65. The molecule has 0 amide bonds. The van der Waals surface area contributed by atoms with E-state index in [1.807, 2.05) is 47.0 Å². The van der Waals surface area contributed by atoms with Crippen molar-refractivity contribution in [2.45, 2.75) is 6.54 Å². The van der Waals surface area contributed by atoms with Crippen LogP contribution in [0.4, 0.5) is 0 Å². The Morgan fingerprint density at radius 1 is 1.10 bits per heavy atom. The van der Waals surface area contributed by atoms with Gasteiger partial charge in [0.2, 0.25) is 0 Å². The third-order valence-corrected chi connectivity index (χ3v) is 3.46. The zero-order valence-electron chi connectivity index (χ0n) is 11.2. The van der Waals surface area contributed by atoms with Crippen LogP contribution in [0, 0.1) is 0 Å². The van der Waals surface area contributed by atoms with E-state index >= 15 is 0 Å². The molecule has 2 aromatic carbocycles. The number of hydrogen-bond acceptors (Lipinski definition) is 2. The van der Waals surface area contributed by atoms with Crippen LogP contribution in [0.1, 0.15) is 16.1 Å². The first-order valence-electron chi connectivity index (χ1n) is 6.49. The minimum Gasteiger partial charge on any atom is -0.496 e. The van der Waals surface area contributed by atoms with Crippen LogP contribution in [0.25, 0.3) is 10.9 Å². The summed E-state index contributed by atoms with van der Waals surface area (Å²) in [4.78, 5) is 11.3. The first kappa shape index (κ1) is 12.5. The molecule has 0 N–H and O–H groups in total. The molecule has 20 heavy (non-hydrogen) atoms. The lowest BCUT2D eigenvalue weighted by Gasteiger charge is -2.08. The molecule has 1 aromatic heterocycles. The number of methoxy groups -OCH3 is 1. The van der Waals surface area contributed by atoms with Crippen LogP contribution in [0.2, 0.25) is 0 Å². The number of benzene rings is 2. The molecule has 0 radical (unpaired) electrons. The van der Waals surface area contributed by atoms with Crippen molar-refractivity contribution in [3.8, 4) is 5.75 Å². The van der Waals surface area contributed by atoms with Crippen molar-refractivity contribution in [2.24, 2.45) is 0 Å². The van der Waals surface area contributed by atoms with Gasteiger partial charge in [0.05, 0.1) is 18.3 Å². The molecule has 0 aliphatic heterocycles. The third kappa shape index (κ3) is 2.07. The van der Waals surface area contributed by atoms with Gasteiger partial charge < -0.3 is 9.30 Å². The van der Waals surface area contributed by atoms with Gasteiger partial charge in [0, 0.05) is 11.9 Å². The Labute approximate surface area is 117 Å². The molecular formula is C17H15NO2. The van der Waals surface area contributed by atoms with Crippen molar-refractivity contribution >= 4 is 17.2 Å². The van der Waals surface area contributed by atoms with Crippen molar-refractivity contribution in [2.75, 3.05) is 7.11 Å². The van der Waals surface area contributed by atoms with Gasteiger partial charge in [-0.25, -0.2) is 0 Å². The molecule has 0 aliphatic carbocycles. The first-order valence-corrected chi connectivity index (χ1v) is 6.49. The van der Waals surface area contributed by atoms with Gasteiger partial charge in [-0.2, -0.15) is 0 Å². The van der Waals surface area contributed by atoms with Crippen molar-refractivity contribution < 1.29 is 9.53 Å². The zero-order valence-corrected chi connectivity index (χ0v) is 11.2. The quantitative estimate of drug-likeness (QED) is 0.676. The summed E-state index contributed by atoms with van der Waals surface area (Å²) < 4.78 is 7.38. The second kappa shape index (κ2) is 5.21. The molecule has 0 saturated carbocycles. The van der Waals surface area contributed by atoms with Gasteiger partial charge in [0.1, 0.15) is 5.75 Å². The molecule has 0 spiro atoms. The number of hydrogen-bond donors (Lipinski definition) is 0. The molecule has 3 rings (SSSR count). The van der Waals surface area contributed by atoms with Crippen LogP contribution in [-0.2, 0) is 6.54 Å². The Balaban J connectivity index is 2.16. The predicted octanol–water partition coefficient (Wildman–Crippen LogP) is 3.51. The lowest BCUT2D eigenvalue weighted by Crippen LogP contribution is -2.03. The molecule has 3 heteroatoms. The minimum absolute atomic E-state index is 0.661. The van der Waals surface area contributed by atoms with E-state index in [9.17, 15) is 4.79 Å². The molecule has 0 fully saturated rings. The molecule has 0 bridgehead atoms. The average Bonchev–Trinajstić information content (AvgIpc) is 2.86. The van der Waals surface area contributed by atoms with Gasteiger partial charge in [0.15, 0.2) is 6.29 Å². The standard InChI is InChI=1S/C17H15NO2/c1-20-17-9-5-8-16-15(17)10-14(12-19)18(16)11-13-6-3-2-4-7-13/h2-10,12H,11H2,1H3. The summed E-state index contributed by atoms with van der Waals surface area (Å²) in [6.45, 7) is 0.672. The molecule has 0 unspecified atom stereocenters. The number of carbonyl (C=O) groups is 1. The monoisotopic (exact) mass is 265 g/mol. The Bertz CT molecular complexity index is 744. The van der Waals surface area contributed by atoms with E-state index < -0.39 is 0 Å². The maximum absolute atomic E-state index is 11.3. The van der Waals surface area contributed by atoms with Gasteiger partial charge in [-0.3, -0.25) is 4.79 Å². The van der Waals surface area contributed by atoms with Gasteiger partial charge in [-0.05, 0) is 23.8 Å². The highest BCUT2D eigenvalue weighted by Gasteiger charge is 2.11. The number of aromatic nitrogens is 1. The topological polar surface area (TPSA) is 31.2 Å². The van der Waals surface area contributed by atoms with E-state index in [-0.39, 0.29) is 0 Å². The first-order chi connectivity index (χ1) is 9.83. The van der Waals surface area contributed by atoms with Crippen molar-refractivity contribution in [1.29, 1.82) is 0 Å². The van der Waals surface area contributed by atoms with E-state index in [1.165, 1.54) is 0 Å². The van der Waals surface area contributed by atoms with Gasteiger partial charge in [-0.15, -0.1) is 0 Å². The van der Waals surface area contributed by atoms with Crippen molar-refractivity contribution in [1.82, 2.24) is 4.57 Å². The predicted molar refractivity (Wildman–Crippen MR) is 79.4 cm³/mol. The van der Waals surface area contributed by atoms with Crippen LogP contribution in [0.3, 0.4) is 0 Å². The van der Waals surface area contributed by atoms with Crippen LogP contribution in [0.15, 0.2) is 54.6 Å². The number of aldehydes is 1. The van der Waals surface area contributed by atoms with Gasteiger partial charge in [0.25, 0.3) is 0 Å². The van der Waals surface area contributed by atoms with Gasteiger partial charge in [-0.1, -0.05) is 36.4 Å². The summed E-state index contributed by atoms with van der Waals surface area (Å²) in [6, 6.07) is 17.8. The highest BCUT2D eigenvalue weighted by atomic mass is 16.5. The molecule has 100 valence electrons. The maximum atomic E-state index is 11.3. The molecule has 3 aromatic rings. The smallest absolute Gasteiger partial charge is 0.166 e. The van der Waals surface area contributed by atoms with Crippen molar-refractivity contribution in [3.05, 3.63) is 65.9 Å². The number of nitrogens with zero attached hydrogens (tertiary/aromatic N) is 1. The highest BCUT2D eigenvalue weighted by molar-refractivity contribution is 5.93. The number of carbonyl (C=O) groups excluding carboxylic acids is 1. The fraction of sp³-hybridized carbons (Fsp3) is 0.118. The Kier molecular flexibility index (Phi) is 3.25. The number of rotatable bonds is 4. The van der Waals surface area contributed by atoms with Gasteiger partial charge >= 0.3 is 0 Å². The minimum atomic E-state index is 0.661. The zero-order chi connectivity index (χ0) is 13.9. The maximum Gasteiger partial charge on any atom is 0.166 e. The second-order valence-electron chi connectivity index (χ2n) is 4.65. The van der Waals surface area contributed by atoms with E-state index in [2.05, 4.69) is 12.1 Å². The Hall–Kier alpha value is -2.55. The van der Waals surface area contributed by atoms with E-state index in [1.54, 1.807) is 7.11 Å². The van der Waals surface area contributed by atoms with Crippen molar-refractivity contribution in [3.63, 3.8) is 0 Å². The van der Waals surface area contributed by atoms with E-state index in [4.69, 9.17) is 4.74 Å². The summed E-state index contributed by atoms with van der Waals surface area (Å²) in [5, 5.41) is 0.966. The summed E-state index contributed by atoms with van der Waals surface area (Å²) in [5.41, 5.74) is 2.83. The summed E-state index contributed by atoms with van der Waals surface area (Å²) in [7, 11) is 1.64. The third-order valence-electron chi connectivity index (χ3n) is 3.46. The molecule has 0 saturated heterocycles. The molecule has 0 atom stereocenters. The molecule has 3 nitrogen and oxygen atoms in total. The normalized spacial score (nSPS) is 10.7. The molecular weight excluding hydrogens is 250 g/mol. The lowest BCUT2D eigenvalue weighted by molar-refractivity contribution is 0.111. The van der Waals surface area contributed by atoms with Crippen LogP contribution in [-0.4, -0.2) is 18.0 Å². The SMILES string of the molecule is COc1cccc2c1cc(C=O)n2Cc1ccccc1. The lowest BCUT2D eigenvalue weighted by atomic mass is 10.2. The molecule has 0 aliphatic rings. The van der Waals surface area contributed by atoms with Crippen LogP contribution < -0.4 is 4.74 Å².